The Balaban J connectivity index is 2.34. The highest BCUT2D eigenvalue weighted by molar-refractivity contribution is 5.84. The molecule has 72 valence electrons. The van der Waals surface area contributed by atoms with Crippen molar-refractivity contribution >= 4 is 10.9 Å². The molecular weight excluding hydrogens is 172 g/mol. The van der Waals surface area contributed by atoms with Crippen LogP contribution in [-0.2, 0) is 6.42 Å². The van der Waals surface area contributed by atoms with Gasteiger partial charge in [-0.25, -0.2) is 0 Å². The molecule has 1 atom stereocenters. The maximum atomic E-state index is 4.21. The van der Waals surface area contributed by atoms with Gasteiger partial charge in [0.05, 0.1) is 0 Å². The van der Waals surface area contributed by atoms with Crippen LogP contribution in [0.5, 0.6) is 0 Å². The van der Waals surface area contributed by atoms with Gasteiger partial charge < -0.3 is 4.98 Å². The molecule has 0 aromatic carbocycles. The highest BCUT2D eigenvalue weighted by Crippen LogP contribution is 2.35. The minimum Gasteiger partial charge on any atom is -0.358 e. The molecule has 0 fully saturated rings. The predicted molar refractivity (Wildman–Crippen MR) is 57.4 cm³/mol. The Hall–Kier alpha value is -1.31. The number of aromatic amines is 1. The van der Waals surface area contributed by atoms with Gasteiger partial charge in [-0.05, 0) is 36.8 Å². The zero-order valence-corrected chi connectivity index (χ0v) is 8.38. The number of aromatic nitrogens is 2. The van der Waals surface area contributed by atoms with E-state index < -0.39 is 0 Å². The second kappa shape index (κ2) is 2.84. The topological polar surface area (TPSA) is 28.7 Å². The molecule has 0 bridgehead atoms. The molecule has 0 amide bonds. The Labute approximate surface area is 83.4 Å². The molecule has 0 saturated carbocycles. The lowest BCUT2D eigenvalue weighted by molar-refractivity contribution is 0.589. The van der Waals surface area contributed by atoms with Gasteiger partial charge in [0.15, 0.2) is 0 Å². The molecule has 1 unspecified atom stereocenters. The van der Waals surface area contributed by atoms with E-state index in [4.69, 9.17) is 0 Å². The molecule has 2 nitrogen and oxygen atoms in total. The van der Waals surface area contributed by atoms with E-state index in [0.29, 0.717) is 5.92 Å². The minimum absolute atomic E-state index is 0.691. The zero-order valence-electron chi connectivity index (χ0n) is 8.38. The number of nitrogens with zero attached hydrogens (tertiary/aromatic N) is 1. The molecule has 3 rings (SSSR count). The lowest BCUT2D eigenvalue weighted by Gasteiger charge is -2.18. The number of rotatable bonds is 0. The first-order valence-corrected chi connectivity index (χ1v) is 5.30. The van der Waals surface area contributed by atoms with Crippen LogP contribution < -0.4 is 0 Å². The maximum absolute atomic E-state index is 4.21. The molecule has 1 aliphatic carbocycles. The van der Waals surface area contributed by atoms with E-state index in [0.717, 1.165) is 0 Å². The van der Waals surface area contributed by atoms with E-state index in [1.54, 1.807) is 0 Å². The number of hydrogen-bond donors (Lipinski definition) is 1. The fourth-order valence-electron chi connectivity index (χ4n) is 2.60. The molecule has 0 saturated heterocycles. The Morgan fingerprint density at radius 2 is 2.43 bits per heavy atom. The second-order valence-electron chi connectivity index (χ2n) is 4.23. The minimum atomic E-state index is 0.691. The van der Waals surface area contributed by atoms with Gasteiger partial charge >= 0.3 is 0 Å². The van der Waals surface area contributed by atoms with Crippen molar-refractivity contribution in [1.82, 2.24) is 9.97 Å². The van der Waals surface area contributed by atoms with Crippen molar-refractivity contribution in [3.63, 3.8) is 0 Å². The number of aryl methyl sites for hydroxylation is 1. The standard InChI is InChI=1S/C12H14N2/c1-8-3-2-4-11-12(8)9-7-13-6-5-10(9)14-11/h5-8,14H,2-4H2,1H3. The largest absolute Gasteiger partial charge is 0.358 e. The highest BCUT2D eigenvalue weighted by atomic mass is 14.7. The third kappa shape index (κ3) is 0.999. The Bertz CT molecular complexity index is 470. The van der Waals surface area contributed by atoms with Crippen LogP contribution in [0, 0.1) is 0 Å². The predicted octanol–water partition coefficient (Wildman–Crippen LogP) is 3.00. The molecule has 1 N–H and O–H groups in total. The van der Waals surface area contributed by atoms with Gasteiger partial charge in [-0.3, -0.25) is 4.98 Å². The Morgan fingerprint density at radius 1 is 1.50 bits per heavy atom. The highest BCUT2D eigenvalue weighted by Gasteiger charge is 2.20. The third-order valence-electron chi connectivity index (χ3n) is 3.28. The Kier molecular flexibility index (Phi) is 1.63. The van der Waals surface area contributed by atoms with Crippen LogP contribution >= 0.6 is 0 Å². The zero-order chi connectivity index (χ0) is 9.54. The summed E-state index contributed by atoms with van der Waals surface area (Å²) in [6.07, 6.45) is 7.68. The number of hydrogen-bond acceptors (Lipinski definition) is 1. The van der Waals surface area contributed by atoms with Crippen LogP contribution in [0.1, 0.15) is 36.9 Å². The molecular formula is C12H14N2. The smallest absolute Gasteiger partial charge is 0.0490 e. The van der Waals surface area contributed by atoms with Crippen LogP contribution in [-0.4, -0.2) is 9.97 Å². The van der Waals surface area contributed by atoms with E-state index in [1.165, 1.54) is 41.4 Å². The number of fused-ring (bicyclic) bond motifs is 3. The molecule has 0 aliphatic heterocycles. The molecule has 14 heavy (non-hydrogen) atoms. The van der Waals surface area contributed by atoms with Crippen LogP contribution in [0.25, 0.3) is 10.9 Å². The SMILES string of the molecule is CC1CCCc2[nH]c3ccncc3c21. The fourth-order valence-corrected chi connectivity index (χ4v) is 2.60. The maximum Gasteiger partial charge on any atom is 0.0490 e. The van der Waals surface area contributed by atoms with E-state index in [2.05, 4.69) is 23.0 Å². The summed E-state index contributed by atoms with van der Waals surface area (Å²) >= 11 is 0. The van der Waals surface area contributed by atoms with Gasteiger partial charge in [-0.1, -0.05) is 6.92 Å². The summed E-state index contributed by atoms with van der Waals surface area (Å²) in [6.45, 7) is 2.32. The van der Waals surface area contributed by atoms with Crippen LogP contribution in [0.3, 0.4) is 0 Å². The molecule has 2 aromatic rings. The first-order valence-electron chi connectivity index (χ1n) is 5.30. The summed E-state index contributed by atoms with van der Waals surface area (Å²) in [7, 11) is 0. The van der Waals surface area contributed by atoms with Crippen molar-refractivity contribution in [2.24, 2.45) is 0 Å². The summed E-state index contributed by atoms with van der Waals surface area (Å²) < 4.78 is 0. The monoisotopic (exact) mass is 186 g/mol. The fraction of sp³-hybridized carbons (Fsp3) is 0.417. The van der Waals surface area contributed by atoms with Gasteiger partial charge in [-0.2, -0.15) is 0 Å². The number of pyridine rings is 1. The van der Waals surface area contributed by atoms with E-state index in [9.17, 15) is 0 Å². The molecule has 2 aromatic heterocycles. The molecule has 2 heteroatoms. The molecule has 0 spiro atoms. The average Bonchev–Trinajstić information content (AvgIpc) is 2.57. The quantitative estimate of drug-likeness (QED) is 0.673. The Morgan fingerprint density at radius 3 is 3.36 bits per heavy atom. The second-order valence-corrected chi connectivity index (χ2v) is 4.23. The van der Waals surface area contributed by atoms with Crippen molar-refractivity contribution in [3.05, 3.63) is 29.7 Å². The van der Waals surface area contributed by atoms with Crippen LogP contribution in [0.15, 0.2) is 18.5 Å². The van der Waals surface area contributed by atoms with Crippen LogP contribution in [0.4, 0.5) is 0 Å². The normalized spacial score (nSPS) is 21.1. The third-order valence-corrected chi connectivity index (χ3v) is 3.28. The van der Waals surface area contributed by atoms with Gasteiger partial charge in [0.1, 0.15) is 0 Å². The van der Waals surface area contributed by atoms with Crippen molar-refractivity contribution in [2.75, 3.05) is 0 Å². The van der Waals surface area contributed by atoms with Crippen molar-refractivity contribution in [1.29, 1.82) is 0 Å². The van der Waals surface area contributed by atoms with Crippen molar-refractivity contribution in [2.45, 2.75) is 32.1 Å². The van der Waals surface area contributed by atoms with Gasteiger partial charge in [0, 0.05) is 29.0 Å². The summed E-state index contributed by atoms with van der Waals surface area (Å²) in [5.74, 6) is 0.691. The number of nitrogens with one attached hydrogen (secondary N) is 1. The number of H-pyrrole nitrogens is 1. The first kappa shape index (κ1) is 8.04. The van der Waals surface area contributed by atoms with E-state index in [1.807, 2.05) is 12.4 Å². The van der Waals surface area contributed by atoms with Crippen LogP contribution in [0.2, 0.25) is 0 Å². The average molecular weight is 186 g/mol. The van der Waals surface area contributed by atoms with Gasteiger partial charge in [-0.15, -0.1) is 0 Å². The summed E-state index contributed by atoms with van der Waals surface area (Å²) in [5, 5.41) is 1.33. The molecule has 0 radical (unpaired) electrons. The van der Waals surface area contributed by atoms with E-state index in [-0.39, 0.29) is 0 Å². The molecule has 1 aliphatic rings. The van der Waals surface area contributed by atoms with Crippen molar-refractivity contribution < 1.29 is 0 Å². The summed E-state index contributed by atoms with van der Waals surface area (Å²) in [5.41, 5.74) is 4.20. The van der Waals surface area contributed by atoms with Gasteiger partial charge in [0.2, 0.25) is 0 Å². The van der Waals surface area contributed by atoms with E-state index >= 15 is 0 Å². The first-order chi connectivity index (χ1) is 6.86. The van der Waals surface area contributed by atoms with Gasteiger partial charge in [0.25, 0.3) is 0 Å². The lowest BCUT2D eigenvalue weighted by Crippen LogP contribution is -2.05. The van der Waals surface area contributed by atoms with Crippen molar-refractivity contribution in [3.8, 4) is 0 Å². The lowest BCUT2D eigenvalue weighted by atomic mass is 9.87. The summed E-state index contributed by atoms with van der Waals surface area (Å²) in [6, 6.07) is 2.07. The molecule has 2 heterocycles. The summed E-state index contributed by atoms with van der Waals surface area (Å²) in [4.78, 5) is 7.71.